The van der Waals surface area contributed by atoms with Crippen molar-refractivity contribution >= 4 is 26.8 Å². The van der Waals surface area contributed by atoms with Crippen molar-refractivity contribution in [3.05, 3.63) is 34.9 Å². The van der Waals surface area contributed by atoms with Crippen LogP contribution in [0.3, 0.4) is 0 Å². The summed E-state index contributed by atoms with van der Waals surface area (Å²) in [4.78, 5) is 2.40. The van der Waals surface area contributed by atoms with Gasteiger partial charge in [-0.2, -0.15) is 0 Å². The van der Waals surface area contributed by atoms with Crippen LogP contribution < -0.4 is 0 Å². The minimum Gasteiger partial charge on any atom is -0.334 e. The molecule has 0 fully saturated rings. The van der Waals surface area contributed by atoms with E-state index < -0.39 is 0 Å². The van der Waals surface area contributed by atoms with Crippen molar-refractivity contribution < 1.29 is 0 Å². The van der Waals surface area contributed by atoms with Crippen LogP contribution in [-0.4, -0.2) is 22.6 Å². The topological polar surface area (TPSA) is 8.17 Å². The first-order valence-electron chi connectivity index (χ1n) is 5.71. The zero-order chi connectivity index (χ0) is 11.5. The molecule has 1 aromatic carbocycles. The summed E-state index contributed by atoms with van der Waals surface area (Å²) in [6, 6.07) is 8.60. The second-order valence-electron chi connectivity index (χ2n) is 3.93. The van der Waals surface area contributed by atoms with Crippen molar-refractivity contribution in [3.63, 3.8) is 0 Å². The molecular formula is C13H17BrN2. The molecule has 0 aliphatic rings. The van der Waals surface area contributed by atoms with E-state index in [1.165, 1.54) is 10.9 Å². The Hall–Kier alpha value is -0.800. The van der Waals surface area contributed by atoms with Crippen molar-refractivity contribution in [2.24, 2.45) is 0 Å². The van der Waals surface area contributed by atoms with Gasteiger partial charge in [-0.3, -0.25) is 4.90 Å². The molecule has 2 aromatic rings. The molecule has 0 atom stereocenters. The van der Waals surface area contributed by atoms with Crippen molar-refractivity contribution in [2.75, 3.05) is 13.1 Å². The van der Waals surface area contributed by atoms with Gasteiger partial charge in [-0.15, -0.1) is 0 Å². The Morgan fingerprint density at radius 2 is 1.94 bits per heavy atom. The first kappa shape index (κ1) is 11.7. The molecule has 0 spiro atoms. The van der Waals surface area contributed by atoms with Crippen LogP contribution in [-0.2, 0) is 6.67 Å². The van der Waals surface area contributed by atoms with E-state index in [0.717, 1.165) is 24.2 Å². The van der Waals surface area contributed by atoms with Gasteiger partial charge in [-0.1, -0.05) is 29.8 Å². The number of aromatic nitrogens is 1. The van der Waals surface area contributed by atoms with Gasteiger partial charge in [0.25, 0.3) is 0 Å². The van der Waals surface area contributed by atoms with Gasteiger partial charge in [-0.05, 0) is 37.4 Å². The fraction of sp³-hybridized carbons (Fsp3) is 0.385. The van der Waals surface area contributed by atoms with Crippen LogP contribution in [0.25, 0.3) is 10.9 Å². The highest BCUT2D eigenvalue weighted by Crippen LogP contribution is 2.21. The van der Waals surface area contributed by atoms with Gasteiger partial charge in [0.05, 0.1) is 6.67 Å². The second-order valence-corrected chi connectivity index (χ2v) is 4.85. The van der Waals surface area contributed by atoms with Gasteiger partial charge in [0.1, 0.15) is 0 Å². The molecule has 0 aliphatic carbocycles. The van der Waals surface area contributed by atoms with Crippen molar-refractivity contribution in [3.8, 4) is 0 Å². The molecule has 0 bridgehead atoms. The summed E-state index contributed by atoms with van der Waals surface area (Å²) in [6.45, 7) is 7.55. The van der Waals surface area contributed by atoms with E-state index in [4.69, 9.17) is 0 Å². The molecule has 0 saturated carbocycles. The van der Waals surface area contributed by atoms with Crippen LogP contribution in [0.5, 0.6) is 0 Å². The Kier molecular flexibility index (Phi) is 3.66. The van der Waals surface area contributed by atoms with E-state index in [2.05, 4.69) is 69.7 Å². The molecule has 3 heteroatoms. The van der Waals surface area contributed by atoms with Crippen LogP contribution in [0.2, 0.25) is 0 Å². The Labute approximate surface area is 105 Å². The maximum atomic E-state index is 3.50. The summed E-state index contributed by atoms with van der Waals surface area (Å²) >= 11 is 3.50. The maximum absolute atomic E-state index is 3.50. The van der Waals surface area contributed by atoms with Gasteiger partial charge in [-0.25, -0.2) is 0 Å². The Morgan fingerprint density at radius 1 is 1.19 bits per heavy atom. The number of halogens is 1. The molecule has 2 nitrogen and oxygen atoms in total. The van der Waals surface area contributed by atoms with Gasteiger partial charge >= 0.3 is 0 Å². The first-order chi connectivity index (χ1) is 7.74. The predicted octanol–water partition coefficient (Wildman–Crippen LogP) is 3.70. The third kappa shape index (κ3) is 2.30. The molecular weight excluding hydrogens is 264 g/mol. The quantitative estimate of drug-likeness (QED) is 0.829. The molecule has 0 unspecified atom stereocenters. The van der Waals surface area contributed by atoms with Crippen LogP contribution >= 0.6 is 15.9 Å². The van der Waals surface area contributed by atoms with Crippen LogP contribution in [0.1, 0.15) is 13.8 Å². The highest BCUT2D eigenvalue weighted by molar-refractivity contribution is 9.10. The van der Waals surface area contributed by atoms with E-state index in [9.17, 15) is 0 Å². The number of hydrogen-bond donors (Lipinski definition) is 0. The first-order valence-corrected chi connectivity index (χ1v) is 6.50. The van der Waals surface area contributed by atoms with Crippen molar-refractivity contribution in [1.82, 2.24) is 9.47 Å². The summed E-state index contributed by atoms with van der Waals surface area (Å²) in [5.74, 6) is 0. The summed E-state index contributed by atoms with van der Waals surface area (Å²) in [5.41, 5.74) is 1.30. The molecule has 16 heavy (non-hydrogen) atoms. The monoisotopic (exact) mass is 280 g/mol. The smallest absolute Gasteiger partial charge is 0.0750 e. The highest BCUT2D eigenvalue weighted by atomic mass is 79.9. The number of fused-ring (bicyclic) bond motifs is 1. The van der Waals surface area contributed by atoms with Crippen LogP contribution in [0.4, 0.5) is 0 Å². The molecule has 2 rings (SSSR count). The molecule has 0 amide bonds. The lowest BCUT2D eigenvalue weighted by Gasteiger charge is -2.19. The average Bonchev–Trinajstić information content (AvgIpc) is 2.68. The van der Waals surface area contributed by atoms with E-state index >= 15 is 0 Å². The minimum atomic E-state index is 0.970. The summed E-state index contributed by atoms with van der Waals surface area (Å²) in [7, 11) is 0. The summed E-state index contributed by atoms with van der Waals surface area (Å²) in [5, 5.41) is 1.29. The van der Waals surface area contributed by atoms with Gasteiger partial charge < -0.3 is 4.57 Å². The number of nitrogens with zero attached hydrogens (tertiary/aromatic N) is 2. The summed E-state index contributed by atoms with van der Waals surface area (Å²) < 4.78 is 3.44. The SMILES string of the molecule is CCN(CC)Cn1ccc2cc(Br)ccc21. The molecule has 0 saturated heterocycles. The largest absolute Gasteiger partial charge is 0.334 e. The zero-order valence-corrected chi connectivity index (χ0v) is 11.4. The van der Waals surface area contributed by atoms with Gasteiger partial charge in [0, 0.05) is 21.6 Å². The lowest BCUT2D eigenvalue weighted by atomic mass is 10.2. The lowest BCUT2D eigenvalue weighted by molar-refractivity contribution is 0.246. The predicted molar refractivity (Wildman–Crippen MR) is 72.6 cm³/mol. The van der Waals surface area contributed by atoms with Crippen LogP contribution in [0, 0.1) is 0 Å². The Balaban J connectivity index is 2.31. The zero-order valence-electron chi connectivity index (χ0n) is 9.78. The second kappa shape index (κ2) is 5.02. The lowest BCUT2D eigenvalue weighted by Crippen LogP contribution is -2.25. The number of rotatable bonds is 4. The fourth-order valence-corrected chi connectivity index (χ4v) is 2.31. The maximum Gasteiger partial charge on any atom is 0.0750 e. The summed E-state index contributed by atoms with van der Waals surface area (Å²) in [6.07, 6.45) is 2.16. The standard InChI is InChI=1S/C13H17BrN2/c1-3-15(4-2)10-16-8-7-11-9-12(14)5-6-13(11)16/h5-9H,3-4,10H2,1-2H3. The number of benzene rings is 1. The Bertz CT molecular complexity index is 472. The third-order valence-corrected chi connectivity index (χ3v) is 3.47. The van der Waals surface area contributed by atoms with E-state index in [1.54, 1.807) is 0 Å². The molecule has 0 radical (unpaired) electrons. The van der Waals surface area contributed by atoms with Gasteiger partial charge in [0.2, 0.25) is 0 Å². The average molecular weight is 281 g/mol. The molecule has 0 N–H and O–H groups in total. The minimum absolute atomic E-state index is 0.970. The molecule has 0 aliphatic heterocycles. The molecule has 86 valence electrons. The molecule has 1 heterocycles. The van der Waals surface area contributed by atoms with Crippen molar-refractivity contribution in [2.45, 2.75) is 20.5 Å². The van der Waals surface area contributed by atoms with Crippen LogP contribution in [0.15, 0.2) is 34.9 Å². The fourth-order valence-electron chi connectivity index (χ4n) is 1.93. The highest BCUT2D eigenvalue weighted by Gasteiger charge is 2.04. The Morgan fingerprint density at radius 3 is 2.62 bits per heavy atom. The van der Waals surface area contributed by atoms with Gasteiger partial charge in [0.15, 0.2) is 0 Å². The van der Waals surface area contributed by atoms with E-state index in [1.807, 2.05) is 0 Å². The third-order valence-electron chi connectivity index (χ3n) is 2.98. The van der Waals surface area contributed by atoms with Crippen molar-refractivity contribution in [1.29, 1.82) is 0 Å². The van der Waals surface area contributed by atoms with E-state index in [-0.39, 0.29) is 0 Å². The number of hydrogen-bond acceptors (Lipinski definition) is 1. The van der Waals surface area contributed by atoms with E-state index in [0.29, 0.717) is 0 Å². The normalized spacial score (nSPS) is 11.5. The molecule has 1 aromatic heterocycles.